The first kappa shape index (κ1) is 17.9. The summed E-state index contributed by atoms with van der Waals surface area (Å²) in [5.41, 5.74) is 4.48. The lowest BCUT2D eigenvalue weighted by Gasteiger charge is -2.18. The van der Waals surface area contributed by atoms with E-state index >= 15 is 0 Å². The predicted molar refractivity (Wildman–Crippen MR) is 102 cm³/mol. The van der Waals surface area contributed by atoms with Crippen molar-refractivity contribution in [2.24, 2.45) is 7.05 Å². The van der Waals surface area contributed by atoms with Crippen molar-refractivity contribution in [1.82, 2.24) is 15.1 Å². The van der Waals surface area contributed by atoms with Gasteiger partial charge in [-0.1, -0.05) is 12.1 Å². The molecule has 1 N–H and O–H groups in total. The molecule has 0 saturated carbocycles. The molecule has 1 aromatic carbocycles. The fraction of sp³-hybridized carbons (Fsp3) is 0.524. The number of fused-ring (bicyclic) bond motifs is 2. The Labute approximate surface area is 159 Å². The quantitative estimate of drug-likeness (QED) is 0.880. The molecule has 0 radical (unpaired) electrons. The smallest absolute Gasteiger partial charge is 0.258 e. The molecule has 2 aliphatic rings. The fourth-order valence-electron chi connectivity index (χ4n) is 4.08. The number of carbonyl (C=O) groups excluding carboxylic acids is 1. The maximum atomic E-state index is 12.3. The monoisotopic (exact) mass is 369 g/mol. The highest BCUT2D eigenvalue weighted by Crippen LogP contribution is 2.41. The third-order valence-electron chi connectivity index (χ3n) is 5.32. The van der Waals surface area contributed by atoms with Crippen LogP contribution in [0.1, 0.15) is 49.2 Å². The number of amides is 1. The van der Waals surface area contributed by atoms with Crippen LogP contribution in [-0.4, -0.2) is 27.9 Å². The minimum Gasteiger partial charge on any atom is -0.483 e. The normalized spacial score (nSPS) is 17.0. The number of nitrogens with zero attached hydrogens (tertiary/aromatic N) is 2. The van der Waals surface area contributed by atoms with Crippen molar-refractivity contribution >= 4 is 5.91 Å². The van der Waals surface area contributed by atoms with Gasteiger partial charge in [0.1, 0.15) is 5.60 Å². The van der Waals surface area contributed by atoms with E-state index in [9.17, 15) is 4.79 Å². The van der Waals surface area contributed by atoms with Crippen LogP contribution >= 0.6 is 0 Å². The Kier molecular flexibility index (Phi) is 4.58. The van der Waals surface area contributed by atoms with E-state index in [1.54, 1.807) is 0 Å². The first-order chi connectivity index (χ1) is 12.9. The lowest BCUT2D eigenvalue weighted by atomic mass is 9.96. The first-order valence-corrected chi connectivity index (χ1v) is 9.67. The maximum absolute atomic E-state index is 12.3. The number of aryl methyl sites for hydroxylation is 1. The molecule has 2 aromatic rings. The predicted octanol–water partition coefficient (Wildman–Crippen LogP) is 2.71. The van der Waals surface area contributed by atoms with Gasteiger partial charge >= 0.3 is 0 Å². The zero-order valence-corrected chi connectivity index (χ0v) is 16.3. The van der Waals surface area contributed by atoms with Crippen molar-refractivity contribution in [2.45, 2.75) is 58.1 Å². The largest absolute Gasteiger partial charge is 0.483 e. The molecule has 27 heavy (non-hydrogen) atoms. The van der Waals surface area contributed by atoms with Crippen molar-refractivity contribution in [3.8, 4) is 11.5 Å². The van der Waals surface area contributed by atoms with E-state index < -0.39 is 0 Å². The standard InChI is InChI=1S/C21H27N3O3/c1-21(2)11-14-7-6-10-18(20(14)27-21)26-13-19(25)22-12-16-15-8-4-5-9-17(15)24(3)23-16/h6-7,10H,4-5,8-9,11-13H2,1-3H3,(H,22,25). The summed E-state index contributed by atoms with van der Waals surface area (Å²) in [7, 11) is 1.98. The number of ether oxygens (including phenoxy) is 2. The van der Waals surface area contributed by atoms with Crippen LogP contribution < -0.4 is 14.8 Å². The van der Waals surface area contributed by atoms with E-state index in [1.165, 1.54) is 24.1 Å². The van der Waals surface area contributed by atoms with Crippen LogP contribution in [0.4, 0.5) is 0 Å². The molecule has 4 rings (SSSR count). The average Bonchev–Trinajstić information content (AvgIpc) is 3.14. The topological polar surface area (TPSA) is 65.4 Å². The van der Waals surface area contributed by atoms with Gasteiger partial charge in [-0.15, -0.1) is 0 Å². The Balaban J connectivity index is 1.35. The highest BCUT2D eigenvalue weighted by atomic mass is 16.5. The number of hydrogen-bond donors (Lipinski definition) is 1. The van der Waals surface area contributed by atoms with Crippen molar-refractivity contribution in [2.75, 3.05) is 6.61 Å². The van der Waals surface area contributed by atoms with Crippen molar-refractivity contribution < 1.29 is 14.3 Å². The van der Waals surface area contributed by atoms with E-state index in [1.807, 2.05) is 29.9 Å². The van der Waals surface area contributed by atoms with Crippen LogP contribution in [0.3, 0.4) is 0 Å². The third-order valence-corrected chi connectivity index (χ3v) is 5.32. The Morgan fingerprint density at radius 3 is 3.00 bits per heavy atom. The number of rotatable bonds is 5. The van der Waals surface area contributed by atoms with Crippen LogP contribution in [-0.2, 0) is 37.6 Å². The second-order valence-corrected chi connectivity index (χ2v) is 8.05. The maximum Gasteiger partial charge on any atom is 0.258 e. The zero-order chi connectivity index (χ0) is 19.0. The van der Waals surface area contributed by atoms with E-state index in [0.717, 1.165) is 36.3 Å². The van der Waals surface area contributed by atoms with Crippen molar-refractivity contribution in [1.29, 1.82) is 0 Å². The van der Waals surface area contributed by atoms with Crippen LogP contribution in [0.15, 0.2) is 18.2 Å². The van der Waals surface area contributed by atoms with Crippen LogP contribution in [0, 0.1) is 0 Å². The molecule has 2 heterocycles. The van der Waals surface area contributed by atoms with Gasteiger partial charge in [-0.05, 0) is 51.2 Å². The molecule has 1 aliphatic heterocycles. The van der Waals surface area contributed by atoms with Gasteiger partial charge in [-0.2, -0.15) is 5.10 Å². The summed E-state index contributed by atoms with van der Waals surface area (Å²) < 4.78 is 13.7. The highest BCUT2D eigenvalue weighted by Gasteiger charge is 2.32. The molecule has 0 unspecified atom stereocenters. The van der Waals surface area contributed by atoms with Gasteiger partial charge < -0.3 is 14.8 Å². The zero-order valence-electron chi connectivity index (χ0n) is 16.3. The van der Waals surface area contributed by atoms with Gasteiger partial charge in [0.05, 0.1) is 12.2 Å². The third kappa shape index (κ3) is 3.66. The number of carbonyl (C=O) groups is 1. The van der Waals surface area contributed by atoms with E-state index in [4.69, 9.17) is 9.47 Å². The molecular formula is C21H27N3O3. The Morgan fingerprint density at radius 1 is 1.33 bits per heavy atom. The molecule has 0 fully saturated rings. The Bertz CT molecular complexity index is 870. The SMILES string of the molecule is Cn1nc(CNC(=O)COc2cccc3c2OC(C)(C)C3)c2c1CCCC2. The van der Waals surface area contributed by atoms with Gasteiger partial charge in [0.15, 0.2) is 18.1 Å². The number of aromatic nitrogens is 2. The van der Waals surface area contributed by atoms with E-state index in [0.29, 0.717) is 12.3 Å². The molecule has 6 heteroatoms. The summed E-state index contributed by atoms with van der Waals surface area (Å²) in [4.78, 5) is 12.3. The number of nitrogens with one attached hydrogen (secondary N) is 1. The minimum absolute atomic E-state index is 0.0325. The first-order valence-electron chi connectivity index (χ1n) is 9.67. The van der Waals surface area contributed by atoms with Gasteiger partial charge in [0, 0.05) is 24.7 Å². The highest BCUT2D eigenvalue weighted by molar-refractivity contribution is 5.77. The van der Waals surface area contributed by atoms with Crippen LogP contribution in [0.5, 0.6) is 11.5 Å². The van der Waals surface area contributed by atoms with Crippen LogP contribution in [0.2, 0.25) is 0 Å². The summed E-state index contributed by atoms with van der Waals surface area (Å²) in [6.45, 7) is 4.52. The average molecular weight is 369 g/mol. The lowest BCUT2D eigenvalue weighted by Crippen LogP contribution is -2.29. The molecule has 0 saturated heterocycles. The van der Waals surface area contributed by atoms with Gasteiger partial charge in [-0.25, -0.2) is 0 Å². The number of hydrogen-bond acceptors (Lipinski definition) is 4. The van der Waals surface area contributed by atoms with E-state index in [-0.39, 0.29) is 18.1 Å². The summed E-state index contributed by atoms with van der Waals surface area (Å²) in [6.07, 6.45) is 5.38. The van der Waals surface area contributed by atoms with Gasteiger partial charge in [-0.3, -0.25) is 9.48 Å². The summed E-state index contributed by atoms with van der Waals surface area (Å²) in [5.74, 6) is 1.23. The number of benzene rings is 1. The Morgan fingerprint density at radius 2 is 2.15 bits per heavy atom. The second kappa shape index (κ2) is 6.91. The molecule has 1 amide bonds. The van der Waals surface area contributed by atoms with Gasteiger partial charge in [0.2, 0.25) is 0 Å². The summed E-state index contributed by atoms with van der Waals surface area (Å²) >= 11 is 0. The molecule has 0 bridgehead atoms. The van der Waals surface area contributed by atoms with Gasteiger partial charge in [0.25, 0.3) is 5.91 Å². The van der Waals surface area contributed by atoms with Crippen molar-refractivity contribution in [3.63, 3.8) is 0 Å². The molecule has 1 aromatic heterocycles. The Hall–Kier alpha value is -2.50. The molecule has 0 atom stereocenters. The molecule has 6 nitrogen and oxygen atoms in total. The van der Waals surface area contributed by atoms with Crippen molar-refractivity contribution in [3.05, 3.63) is 40.7 Å². The minimum atomic E-state index is -0.234. The summed E-state index contributed by atoms with van der Waals surface area (Å²) in [6, 6.07) is 5.83. The van der Waals surface area contributed by atoms with E-state index in [2.05, 4.69) is 24.3 Å². The fourth-order valence-corrected chi connectivity index (χ4v) is 4.08. The molecule has 0 spiro atoms. The molecular weight excluding hydrogens is 342 g/mol. The number of para-hydroxylation sites is 1. The molecule has 1 aliphatic carbocycles. The van der Waals surface area contributed by atoms with Crippen LogP contribution in [0.25, 0.3) is 0 Å². The lowest BCUT2D eigenvalue weighted by molar-refractivity contribution is -0.123. The second-order valence-electron chi connectivity index (χ2n) is 8.05. The molecule has 144 valence electrons. The summed E-state index contributed by atoms with van der Waals surface area (Å²) in [5, 5.41) is 7.52.